The third-order valence-electron chi connectivity index (χ3n) is 3.41. The number of nitrogens with zero attached hydrogens (tertiary/aromatic N) is 1. The van der Waals surface area contributed by atoms with Gasteiger partial charge in [-0.1, -0.05) is 6.07 Å². The molecule has 0 aliphatic heterocycles. The molecule has 0 aliphatic carbocycles. The standard InChI is InChI=1S/C17H18N2O5/c1-12-15(4-3-5-16(12)19(21)22)17(20)18-13-6-8-14(9-7-13)24-11-10-23-2/h3-9H,10-11H2,1-2H3,(H,18,20). The third-order valence-corrected chi connectivity index (χ3v) is 3.41. The fourth-order valence-electron chi connectivity index (χ4n) is 2.14. The number of nitrogens with one attached hydrogen (secondary N) is 1. The molecular weight excluding hydrogens is 312 g/mol. The van der Waals surface area contributed by atoms with Crippen LogP contribution in [-0.2, 0) is 4.74 Å². The average Bonchev–Trinajstić information content (AvgIpc) is 2.56. The first-order valence-electron chi connectivity index (χ1n) is 7.30. The molecule has 0 unspecified atom stereocenters. The molecule has 2 aromatic rings. The smallest absolute Gasteiger partial charge is 0.273 e. The van der Waals surface area contributed by atoms with Gasteiger partial charge < -0.3 is 14.8 Å². The van der Waals surface area contributed by atoms with Crippen molar-refractivity contribution >= 4 is 17.3 Å². The quantitative estimate of drug-likeness (QED) is 0.478. The Labute approximate surface area is 139 Å². The maximum Gasteiger partial charge on any atom is 0.273 e. The molecular formula is C17H18N2O5. The molecule has 0 aliphatic rings. The van der Waals surface area contributed by atoms with Crippen molar-refractivity contribution in [2.24, 2.45) is 0 Å². The van der Waals surface area contributed by atoms with Gasteiger partial charge in [-0.05, 0) is 37.3 Å². The Morgan fingerprint density at radius 3 is 2.50 bits per heavy atom. The van der Waals surface area contributed by atoms with Gasteiger partial charge in [-0.15, -0.1) is 0 Å². The first-order valence-corrected chi connectivity index (χ1v) is 7.30. The van der Waals surface area contributed by atoms with E-state index in [4.69, 9.17) is 9.47 Å². The summed E-state index contributed by atoms with van der Waals surface area (Å²) in [6.45, 7) is 2.49. The molecule has 0 radical (unpaired) electrons. The SMILES string of the molecule is COCCOc1ccc(NC(=O)c2cccc([N+](=O)[O-])c2C)cc1. The normalized spacial score (nSPS) is 10.2. The molecule has 1 N–H and O–H groups in total. The average molecular weight is 330 g/mol. The van der Waals surface area contributed by atoms with Gasteiger partial charge in [0.1, 0.15) is 12.4 Å². The van der Waals surface area contributed by atoms with Gasteiger partial charge in [-0.3, -0.25) is 14.9 Å². The first kappa shape index (κ1) is 17.4. The van der Waals surface area contributed by atoms with Crippen LogP contribution >= 0.6 is 0 Å². The Kier molecular flexibility index (Phi) is 5.86. The van der Waals surface area contributed by atoms with Crippen LogP contribution < -0.4 is 10.1 Å². The molecule has 126 valence electrons. The van der Waals surface area contributed by atoms with E-state index in [1.165, 1.54) is 12.1 Å². The largest absolute Gasteiger partial charge is 0.491 e. The zero-order valence-corrected chi connectivity index (χ0v) is 13.4. The molecule has 0 saturated heterocycles. The van der Waals surface area contributed by atoms with E-state index in [9.17, 15) is 14.9 Å². The Hall–Kier alpha value is -2.93. The van der Waals surface area contributed by atoms with Gasteiger partial charge in [0.25, 0.3) is 11.6 Å². The number of rotatable bonds is 7. The monoisotopic (exact) mass is 330 g/mol. The van der Waals surface area contributed by atoms with E-state index >= 15 is 0 Å². The van der Waals surface area contributed by atoms with Gasteiger partial charge in [0.05, 0.1) is 11.5 Å². The van der Waals surface area contributed by atoms with E-state index in [0.29, 0.717) is 30.2 Å². The molecule has 24 heavy (non-hydrogen) atoms. The molecule has 0 aromatic heterocycles. The zero-order valence-electron chi connectivity index (χ0n) is 13.4. The van der Waals surface area contributed by atoms with E-state index in [1.54, 1.807) is 44.4 Å². The summed E-state index contributed by atoms with van der Waals surface area (Å²) in [5.41, 5.74) is 1.10. The lowest BCUT2D eigenvalue weighted by Gasteiger charge is -2.09. The fourth-order valence-corrected chi connectivity index (χ4v) is 2.14. The van der Waals surface area contributed by atoms with Gasteiger partial charge in [0.2, 0.25) is 0 Å². The molecule has 7 nitrogen and oxygen atoms in total. The second-order valence-corrected chi connectivity index (χ2v) is 5.03. The van der Waals surface area contributed by atoms with Crippen LogP contribution in [0.4, 0.5) is 11.4 Å². The molecule has 1 amide bonds. The van der Waals surface area contributed by atoms with Gasteiger partial charge in [0.15, 0.2) is 0 Å². The minimum Gasteiger partial charge on any atom is -0.491 e. The number of carbonyl (C=O) groups excluding carboxylic acids is 1. The van der Waals surface area contributed by atoms with Gasteiger partial charge in [0, 0.05) is 30.0 Å². The summed E-state index contributed by atoms with van der Waals surface area (Å²) in [6.07, 6.45) is 0. The maximum atomic E-state index is 12.3. The van der Waals surface area contributed by atoms with Crippen molar-refractivity contribution in [2.75, 3.05) is 25.6 Å². The maximum absolute atomic E-state index is 12.3. The van der Waals surface area contributed by atoms with E-state index in [1.807, 2.05) is 0 Å². The van der Waals surface area contributed by atoms with Crippen LogP contribution in [0.1, 0.15) is 15.9 Å². The lowest BCUT2D eigenvalue weighted by molar-refractivity contribution is -0.385. The van der Waals surface area contributed by atoms with Gasteiger partial charge >= 0.3 is 0 Å². The minimum atomic E-state index is -0.502. The Bertz CT molecular complexity index is 728. The molecule has 0 atom stereocenters. The summed E-state index contributed by atoms with van der Waals surface area (Å²) in [5, 5.41) is 13.7. The molecule has 2 aromatic carbocycles. The van der Waals surface area contributed by atoms with Crippen molar-refractivity contribution in [3.63, 3.8) is 0 Å². The second-order valence-electron chi connectivity index (χ2n) is 5.03. The summed E-state index contributed by atoms with van der Waals surface area (Å²) in [4.78, 5) is 22.8. The number of hydrogen-bond acceptors (Lipinski definition) is 5. The number of benzene rings is 2. The van der Waals surface area contributed by atoms with Gasteiger partial charge in [-0.2, -0.15) is 0 Å². The van der Waals surface area contributed by atoms with E-state index in [0.717, 1.165) is 0 Å². The van der Waals surface area contributed by atoms with Crippen LogP contribution in [0, 0.1) is 17.0 Å². The number of amides is 1. The van der Waals surface area contributed by atoms with Crippen molar-refractivity contribution in [1.29, 1.82) is 0 Å². The van der Waals surface area contributed by atoms with Crippen molar-refractivity contribution in [2.45, 2.75) is 6.92 Å². The summed E-state index contributed by atoms with van der Waals surface area (Å²) in [7, 11) is 1.60. The highest BCUT2D eigenvalue weighted by atomic mass is 16.6. The number of ether oxygens (including phenoxy) is 2. The topological polar surface area (TPSA) is 90.7 Å². The zero-order chi connectivity index (χ0) is 17.5. The van der Waals surface area contributed by atoms with E-state index in [-0.39, 0.29) is 11.3 Å². The number of methoxy groups -OCH3 is 1. The highest BCUT2D eigenvalue weighted by molar-refractivity contribution is 6.05. The number of carbonyl (C=O) groups is 1. The molecule has 0 heterocycles. The van der Waals surface area contributed by atoms with E-state index in [2.05, 4.69) is 5.32 Å². The highest BCUT2D eigenvalue weighted by Gasteiger charge is 2.17. The molecule has 0 spiro atoms. The summed E-state index contributed by atoms with van der Waals surface area (Å²) in [6, 6.07) is 11.3. The van der Waals surface area contributed by atoms with Crippen molar-refractivity contribution in [1.82, 2.24) is 0 Å². The summed E-state index contributed by atoms with van der Waals surface area (Å²) < 4.78 is 10.3. The molecule has 0 fully saturated rings. The number of nitro benzene ring substituents is 1. The second kappa shape index (κ2) is 8.07. The van der Waals surface area contributed by atoms with Crippen LogP contribution in [0.25, 0.3) is 0 Å². The number of anilines is 1. The first-order chi connectivity index (χ1) is 11.5. The fraction of sp³-hybridized carbons (Fsp3) is 0.235. The molecule has 0 saturated carbocycles. The van der Waals surface area contributed by atoms with Crippen molar-refractivity contribution in [3.05, 3.63) is 63.7 Å². The molecule has 0 bridgehead atoms. The predicted molar refractivity (Wildman–Crippen MR) is 89.6 cm³/mol. The van der Waals surface area contributed by atoms with Gasteiger partial charge in [-0.25, -0.2) is 0 Å². The van der Waals surface area contributed by atoms with Crippen LogP contribution in [0.3, 0.4) is 0 Å². The number of hydrogen-bond donors (Lipinski definition) is 1. The lowest BCUT2D eigenvalue weighted by atomic mass is 10.1. The Morgan fingerprint density at radius 2 is 1.88 bits per heavy atom. The van der Waals surface area contributed by atoms with Crippen LogP contribution in [0.2, 0.25) is 0 Å². The van der Waals surface area contributed by atoms with Crippen LogP contribution in [-0.4, -0.2) is 31.2 Å². The Balaban J connectivity index is 2.07. The minimum absolute atomic E-state index is 0.0791. The highest BCUT2D eigenvalue weighted by Crippen LogP contribution is 2.22. The van der Waals surface area contributed by atoms with E-state index < -0.39 is 10.8 Å². The van der Waals surface area contributed by atoms with Crippen molar-refractivity contribution < 1.29 is 19.2 Å². The predicted octanol–water partition coefficient (Wildman–Crippen LogP) is 3.18. The molecule has 2 rings (SSSR count). The van der Waals surface area contributed by atoms with Crippen LogP contribution in [0.15, 0.2) is 42.5 Å². The third kappa shape index (κ3) is 4.30. The number of nitro groups is 1. The lowest BCUT2D eigenvalue weighted by Crippen LogP contribution is -2.14. The summed E-state index contributed by atoms with van der Waals surface area (Å²) >= 11 is 0. The molecule has 7 heteroatoms. The van der Waals surface area contributed by atoms with Crippen LogP contribution in [0.5, 0.6) is 5.75 Å². The Morgan fingerprint density at radius 1 is 1.17 bits per heavy atom. The van der Waals surface area contributed by atoms with Crippen molar-refractivity contribution in [3.8, 4) is 5.75 Å². The summed E-state index contributed by atoms with van der Waals surface area (Å²) in [5.74, 6) is 0.265.